The van der Waals surface area contributed by atoms with Crippen LogP contribution in [0.15, 0.2) is 35.2 Å². The van der Waals surface area contributed by atoms with Crippen molar-refractivity contribution >= 4 is 20.4 Å². The minimum Gasteiger partial charge on any atom is -0.216 e. The van der Waals surface area contributed by atoms with Gasteiger partial charge >= 0.3 is 0 Å². The van der Waals surface area contributed by atoms with E-state index in [0.717, 1.165) is 11.3 Å². The minimum atomic E-state index is -3.41. The quantitative estimate of drug-likeness (QED) is 0.801. The highest BCUT2D eigenvalue weighted by molar-refractivity contribution is 8.32. The van der Waals surface area contributed by atoms with Crippen molar-refractivity contribution < 1.29 is 12.0 Å². The lowest BCUT2D eigenvalue weighted by molar-refractivity contribution is 0.508. The molecule has 1 aromatic carbocycles. The Morgan fingerprint density at radius 3 is 2.24 bits per heavy atom. The normalized spacial score (nSPS) is 13.6. The molecule has 0 aliphatic carbocycles. The summed E-state index contributed by atoms with van der Waals surface area (Å²) in [7, 11) is -5.15. The van der Waals surface area contributed by atoms with Crippen molar-refractivity contribution in [3.63, 3.8) is 0 Å². The summed E-state index contributed by atoms with van der Waals surface area (Å²) in [5, 5.41) is 0. The maximum absolute atomic E-state index is 11.8. The van der Waals surface area contributed by atoms with E-state index >= 15 is 0 Å². The summed E-state index contributed by atoms with van der Waals surface area (Å²) in [6, 6.07) is 9.51. The molecule has 0 aliphatic rings. The Hall–Kier alpha value is -0.520. The van der Waals surface area contributed by atoms with Gasteiger partial charge in [0.15, 0.2) is 0 Å². The predicted octanol–water partition coefficient (Wildman–Crippen LogP) is 3.17. The van der Waals surface area contributed by atoms with E-state index in [1.54, 1.807) is 0 Å². The Bertz CT molecular complexity index is 438. The number of benzene rings is 1. The minimum absolute atomic E-state index is 0.104. The summed E-state index contributed by atoms with van der Waals surface area (Å²) in [5.41, 5.74) is 0. The van der Waals surface area contributed by atoms with Crippen molar-refractivity contribution in [1.82, 2.24) is 0 Å². The molecule has 0 bridgehead atoms. The van der Waals surface area contributed by atoms with Gasteiger partial charge in [0.05, 0.1) is 5.75 Å². The van der Waals surface area contributed by atoms with Gasteiger partial charge in [-0.2, -0.15) is 8.42 Å². The van der Waals surface area contributed by atoms with Gasteiger partial charge in [0.1, 0.15) is 0 Å². The maximum Gasteiger partial charge on any atom is 0.276 e. The number of rotatable bonds is 6. The molecule has 0 aromatic heterocycles. The van der Waals surface area contributed by atoms with Crippen molar-refractivity contribution in [3.8, 4) is 0 Å². The van der Waals surface area contributed by atoms with Gasteiger partial charge in [-0.05, 0) is 31.1 Å². The molecule has 1 aromatic rings. The van der Waals surface area contributed by atoms with Crippen LogP contribution in [0.1, 0.15) is 19.8 Å². The molecular formula is C12H20O3S2. The molecule has 17 heavy (non-hydrogen) atoms. The molecule has 1 rings (SSSR count). The monoisotopic (exact) mass is 276 g/mol. The number of hydrogen-bond acceptors (Lipinski definition) is 3. The van der Waals surface area contributed by atoms with E-state index < -0.39 is 20.4 Å². The molecule has 0 aliphatic heterocycles. The van der Waals surface area contributed by atoms with Crippen molar-refractivity contribution in [3.05, 3.63) is 30.3 Å². The molecule has 0 amide bonds. The van der Waals surface area contributed by atoms with Gasteiger partial charge in [-0.1, -0.05) is 41.9 Å². The van der Waals surface area contributed by atoms with E-state index in [0.29, 0.717) is 6.42 Å². The maximum atomic E-state index is 11.8. The van der Waals surface area contributed by atoms with Crippen LogP contribution in [0.3, 0.4) is 0 Å². The van der Waals surface area contributed by atoms with Gasteiger partial charge in [-0.25, -0.2) is 3.63 Å². The van der Waals surface area contributed by atoms with Gasteiger partial charge in [0.25, 0.3) is 10.1 Å². The molecule has 0 unspecified atom stereocenters. The predicted molar refractivity (Wildman–Crippen MR) is 73.9 cm³/mol. The zero-order valence-electron chi connectivity index (χ0n) is 10.5. The van der Waals surface area contributed by atoms with Crippen LogP contribution >= 0.6 is 10.3 Å². The zero-order chi connectivity index (χ0) is 12.9. The van der Waals surface area contributed by atoms with E-state index in [1.165, 1.54) is 0 Å². The molecule has 98 valence electrons. The van der Waals surface area contributed by atoms with Crippen LogP contribution < -0.4 is 0 Å². The Kier molecular flexibility index (Phi) is 5.04. The van der Waals surface area contributed by atoms with Crippen molar-refractivity contribution in [1.29, 1.82) is 0 Å². The average molecular weight is 276 g/mol. The lowest BCUT2D eigenvalue weighted by atomic mass is 10.4. The third kappa shape index (κ3) is 4.69. The van der Waals surface area contributed by atoms with Crippen LogP contribution in [0.5, 0.6) is 0 Å². The molecular weight excluding hydrogens is 256 g/mol. The second-order valence-corrected chi connectivity index (χ2v) is 9.24. The third-order valence-corrected chi connectivity index (χ3v) is 6.72. The Morgan fingerprint density at radius 1 is 1.12 bits per heavy atom. The van der Waals surface area contributed by atoms with E-state index in [9.17, 15) is 8.42 Å². The highest BCUT2D eigenvalue weighted by atomic mass is 32.3. The standard InChI is InChI=1S/C12H20O3S2/c1-4-5-11-17(13,14)15-16(2,3)12-9-7-6-8-10-12/h6-10H,4-5,11H2,1-3H3. The van der Waals surface area contributed by atoms with Crippen LogP contribution in [-0.4, -0.2) is 26.7 Å². The lowest BCUT2D eigenvalue weighted by Gasteiger charge is -2.30. The summed E-state index contributed by atoms with van der Waals surface area (Å²) in [6.45, 7) is 1.96. The van der Waals surface area contributed by atoms with Crippen LogP contribution in [-0.2, 0) is 13.7 Å². The summed E-state index contributed by atoms with van der Waals surface area (Å²) >= 11 is 0. The van der Waals surface area contributed by atoms with Crippen LogP contribution in [0.2, 0.25) is 0 Å². The number of unbranched alkanes of at least 4 members (excludes halogenated alkanes) is 1. The van der Waals surface area contributed by atoms with Crippen molar-refractivity contribution in [2.24, 2.45) is 0 Å². The molecule has 0 N–H and O–H groups in total. The Balaban J connectivity index is 2.80. The van der Waals surface area contributed by atoms with Gasteiger partial charge in [-0.3, -0.25) is 0 Å². The Labute approximate surface area is 106 Å². The first-order valence-electron chi connectivity index (χ1n) is 5.59. The van der Waals surface area contributed by atoms with E-state index in [-0.39, 0.29) is 5.75 Å². The van der Waals surface area contributed by atoms with Crippen molar-refractivity contribution in [2.75, 3.05) is 18.3 Å². The first-order valence-corrected chi connectivity index (χ1v) is 9.55. The van der Waals surface area contributed by atoms with Crippen LogP contribution in [0, 0.1) is 0 Å². The fourth-order valence-corrected chi connectivity index (χ4v) is 5.52. The van der Waals surface area contributed by atoms with Gasteiger partial charge in [0, 0.05) is 4.90 Å². The first-order chi connectivity index (χ1) is 7.87. The summed E-state index contributed by atoms with van der Waals surface area (Å²) < 4.78 is 28.9. The first kappa shape index (κ1) is 14.5. The zero-order valence-corrected chi connectivity index (χ0v) is 12.2. The SMILES string of the molecule is CCCCS(=O)(=O)OS(C)(C)c1ccccc1. The number of hydrogen-bond donors (Lipinski definition) is 0. The van der Waals surface area contributed by atoms with E-state index in [4.69, 9.17) is 3.63 Å². The van der Waals surface area contributed by atoms with Gasteiger partial charge < -0.3 is 0 Å². The molecule has 0 atom stereocenters. The van der Waals surface area contributed by atoms with Gasteiger partial charge in [-0.15, -0.1) is 0 Å². The summed E-state index contributed by atoms with van der Waals surface area (Å²) in [4.78, 5) is 0.945. The smallest absolute Gasteiger partial charge is 0.216 e. The van der Waals surface area contributed by atoms with Crippen LogP contribution in [0.25, 0.3) is 0 Å². The fraction of sp³-hybridized carbons (Fsp3) is 0.500. The molecule has 3 nitrogen and oxygen atoms in total. The third-order valence-electron chi connectivity index (χ3n) is 2.33. The molecule has 0 saturated heterocycles. The fourth-order valence-electron chi connectivity index (χ4n) is 1.40. The highest BCUT2D eigenvalue weighted by Crippen LogP contribution is 2.51. The van der Waals surface area contributed by atoms with E-state index in [1.807, 2.05) is 49.8 Å². The average Bonchev–Trinajstić information content (AvgIpc) is 2.26. The lowest BCUT2D eigenvalue weighted by Crippen LogP contribution is -2.13. The second kappa shape index (κ2) is 5.89. The largest absolute Gasteiger partial charge is 0.276 e. The summed E-state index contributed by atoms with van der Waals surface area (Å²) in [5.74, 6) is 0.104. The van der Waals surface area contributed by atoms with Gasteiger partial charge in [0.2, 0.25) is 0 Å². The van der Waals surface area contributed by atoms with Crippen LogP contribution in [0.4, 0.5) is 0 Å². The highest BCUT2D eigenvalue weighted by Gasteiger charge is 2.23. The molecule has 0 spiro atoms. The topological polar surface area (TPSA) is 43.4 Å². The molecule has 0 saturated carbocycles. The molecule has 5 heteroatoms. The van der Waals surface area contributed by atoms with Crippen molar-refractivity contribution in [2.45, 2.75) is 24.7 Å². The molecule has 0 fully saturated rings. The Morgan fingerprint density at radius 2 is 1.71 bits per heavy atom. The summed E-state index contributed by atoms with van der Waals surface area (Å²) in [6.07, 6.45) is 5.20. The molecule has 0 heterocycles. The van der Waals surface area contributed by atoms with E-state index in [2.05, 4.69) is 0 Å². The molecule has 0 radical (unpaired) electrons. The second-order valence-electron chi connectivity index (χ2n) is 4.23.